The Balaban J connectivity index is 1.79. The Hall–Kier alpha value is -1.68. The fourth-order valence-electron chi connectivity index (χ4n) is 7.20. The Kier molecular flexibility index (Phi) is 5.49. The molecule has 9 atom stereocenters. The SMILES string of the molecule is C[C@]12C=C(Cl)C(=O)C=C1[C@H](F)C[C@H]1[C@@H]3CC[C@](O)(C(=O)C(O)CC(=O)O)[C@@]3(C)C[C@H](O)[C@@]12F. The molecule has 7 nitrogen and oxygen atoms in total. The van der Waals surface area contributed by atoms with Crippen molar-refractivity contribution in [3.8, 4) is 0 Å². The van der Waals surface area contributed by atoms with Crippen LogP contribution in [0.1, 0.15) is 46.0 Å². The van der Waals surface area contributed by atoms with Crippen LogP contribution in [0.4, 0.5) is 8.78 Å². The average molecular weight is 489 g/mol. The van der Waals surface area contributed by atoms with E-state index in [1.807, 2.05) is 0 Å². The molecular formula is C23H27ClF2O7. The molecule has 4 rings (SSSR count). The van der Waals surface area contributed by atoms with Gasteiger partial charge in [-0.05, 0) is 56.3 Å². The van der Waals surface area contributed by atoms with Crippen molar-refractivity contribution in [3.63, 3.8) is 0 Å². The summed E-state index contributed by atoms with van der Waals surface area (Å²) in [6.07, 6.45) is -5.02. The van der Waals surface area contributed by atoms with E-state index in [-0.39, 0.29) is 36.3 Å². The number of aliphatic hydroxyl groups excluding tert-OH is 2. The van der Waals surface area contributed by atoms with Crippen LogP contribution in [0, 0.1) is 22.7 Å². The molecule has 0 heterocycles. The normalized spacial score (nSPS) is 47.6. The van der Waals surface area contributed by atoms with Gasteiger partial charge in [-0.3, -0.25) is 14.4 Å². The highest BCUT2D eigenvalue weighted by molar-refractivity contribution is 6.44. The number of alkyl halides is 2. The predicted molar refractivity (Wildman–Crippen MR) is 112 cm³/mol. The fourth-order valence-corrected chi connectivity index (χ4v) is 7.47. The van der Waals surface area contributed by atoms with Crippen LogP contribution >= 0.6 is 11.6 Å². The molecule has 33 heavy (non-hydrogen) atoms. The molecule has 0 radical (unpaired) electrons. The lowest BCUT2D eigenvalue weighted by Crippen LogP contribution is -2.70. The van der Waals surface area contributed by atoms with Crippen molar-refractivity contribution in [3.05, 3.63) is 22.8 Å². The van der Waals surface area contributed by atoms with E-state index in [0.29, 0.717) is 0 Å². The number of rotatable bonds is 4. The number of carbonyl (C=O) groups excluding carboxylic acids is 2. The van der Waals surface area contributed by atoms with E-state index in [2.05, 4.69) is 0 Å². The van der Waals surface area contributed by atoms with Crippen LogP contribution in [0.15, 0.2) is 22.8 Å². The number of carboxylic acid groups (broad SMARTS) is 1. The zero-order chi connectivity index (χ0) is 24.7. The van der Waals surface area contributed by atoms with Gasteiger partial charge in [0.05, 0.1) is 17.6 Å². The smallest absolute Gasteiger partial charge is 0.306 e. The van der Waals surface area contributed by atoms with E-state index in [4.69, 9.17) is 16.7 Å². The Morgan fingerprint density at radius 2 is 1.94 bits per heavy atom. The lowest BCUT2D eigenvalue weighted by Gasteiger charge is -2.63. The van der Waals surface area contributed by atoms with Crippen LogP contribution in [0.25, 0.3) is 0 Å². The number of hydrogen-bond donors (Lipinski definition) is 4. The third-order valence-corrected chi connectivity index (χ3v) is 9.21. The molecule has 0 spiro atoms. The number of allylic oxidation sites excluding steroid dienone is 4. The van der Waals surface area contributed by atoms with Crippen molar-refractivity contribution < 1.29 is 43.6 Å². The Labute approximate surface area is 194 Å². The molecule has 0 aromatic carbocycles. The Morgan fingerprint density at radius 1 is 1.30 bits per heavy atom. The Morgan fingerprint density at radius 3 is 2.55 bits per heavy atom. The van der Waals surface area contributed by atoms with Crippen LogP contribution in [-0.2, 0) is 14.4 Å². The summed E-state index contributed by atoms with van der Waals surface area (Å²) in [5.74, 6) is -5.05. The maximum absolute atomic E-state index is 17.0. The fraction of sp³-hybridized carbons (Fsp3) is 0.696. The minimum absolute atomic E-state index is 0.0977. The number of Topliss-reactive ketones (excluding diaryl/α,β-unsaturated/α-hetero) is 1. The highest BCUT2D eigenvalue weighted by Gasteiger charge is 2.75. The second-order valence-corrected chi connectivity index (χ2v) is 10.8. The lowest BCUT2D eigenvalue weighted by atomic mass is 9.44. The van der Waals surface area contributed by atoms with Crippen molar-refractivity contribution in [1.82, 2.24) is 0 Å². The Bertz CT molecular complexity index is 997. The summed E-state index contributed by atoms with van der Waals surface area (Å²) in [6, 6.07) is 0. The molecule has 4 N–H and O–H groups in total. The zero-order valence-electron chi connectivity index (χ0n) is 18.2. The molecule has 0 aromatic heterocycles. The molecular weight excluding hydrogens is 462 g/mol. The summed E-state index contributed by atoms with van der Waals surface area (Å²) in [7, 11) is 0. The minimum Gasteiger partial charge on any atom is -0.481 e. The molecule has 1 unspecified atom stereocenters. The lowest BCUT2D eigenvalue weighted by molar-refractivity contribution is -0.223. The number of halogens is 3. The summed E-state index contributed by atoms with van der Waals surface area (Å²) in [6.45, 7) is 2.88. The van der Waals surface area contributed by atoms with E-state index in [0.717, 1.165) is 12.2 Å². The number of ketones is 2. The quantitative estimate of drug-likeness (QED) is 0.476. The van der Waals surface area contributed by atoms with Crippen molar-refractivity contribution in [2.75, 3.05) is 0 Å². The first-order valence-corrected chi connectivity index (χ1v) is 11.3. The first kappa shape index (κ1) is 24.4. The minimum atomic E-state index is -2.43. The number of carbonyl (C=O) groups is 3. The van der Waals surface area contributed by atoms with Gasteiger partial charge in [0.2, 0.25) is 0 Å². The summed E-state index contributed by atoms with van der Waals surface area (Å²) in [4.78, 5) is 36.0. The van der Waals surface area contributed by atoms with Gasteiger partial charge in [-0.15, -0.1) is 0 Å². The highest BCUT2D eigenvalue weighted by Crippen LogP contribution is 2.70. The molecule has 0 saturated heterocycles. The third kappa shape index (κ3) is 2.98. The van der Waals surface area contributed by atoms with Crippen molar-refractivity contribution in [2.24, 2.45) is 22.7 Å². The highest BCUT2D eigenvalue weighted by atomic mass is 35.5. The van der Waals surface area contributed by atoms with E-state index in [1.165, 1.54) is 13.8 Å². The molecule has 0 amide bonds. The van der Waals surface area contributed by atoms with Gasteiger partial charge < -0.3 is 20.4 Å². The van der Waals surface area contributed by atoms with Crippen LogP contribution < -0.4 is 0 Å². The molecule has 0 aliphatic heterocycles. The van der Waals surface area contributed by atoms with Crippen LogP contribution in [0.2, 0.25) is 0 Å². The number of fused-ring (bicyclic) bond motifs is 5. The number of carboxylic acids is 1. The van der Waals surface area contributed by atoms with Gasteiger partial charge in [0.25, 0.3) is 0 Å². The van der Waals surface area contributed by atoms with Crippen molar-refractivity contribution >= 4 is 29.1 Å². The summed E-state index contributed by atoms with van der Waals surface area (Å²) in [5.41, 5.74) is -7.89. The molecule has 4 aliphatic carbocycles. The summed E-state index contributed by atoms with van der Waals surface area (Å²) < 4.78 is 32.4. The maximum atomic E-state index is 17.0. The molecule has 3 fully saturated rings. The van der Waals surface area contributed by atoms with Crippen LogP contribution in [0.3, 0.4) is 0 Å². The molecule has 182 valence electrons. The van der Waals surface area contributed by atoms with Gasteiger partial charge in [-0.25, -0.2) is 8.78 Å². The molecule has 0 bridgehead atoms. The number of hydrogen-bond acceptors (Lipinski definition) is 6. The monoisotopic (exact) mass is 488 g/mol. The van der Waals surface area contributed by atoms with Gasteiger partial charge in [0.1, 0.15) is 17.9 Å². The molecule has 10 heteroatoms. The third-order valence-electron chi connectivity index (χ3n) is 8.92. The van der Waals surface area contributed by atoms with E-state index in [1.54, 1.807) is 0 Å². The van der Waals surface area contributed by atoms with Gasteiger partial charge in [-0.2, -0.15) is 0 Å². The van der Waals surface area contributed by atoms with Crippen LogP contribution in [-0.4, -0.2) is 67.6 Å². The molecule has 4 aliphatic rings. The van der Waals surface area contributed by atoms with Gasteiger partial charge in [0.15, 0.2) is 17.2 Å². The maximum Gasteiger partial charge on any atom is 0.306 e. The summed E-state index contributed by atoms with van der Waals surface area (Å²) >= 11 is 6.00. The second kappa shape index (κ2) is 7.41. The van der Waals surface area contributed by atoms with Crippen molar-refractivity contribution in [1.29, 1.82) is 0 Å². The second-order valence-electron chi connectivity index (χ2n) is 10.4. The molecule has 0 aromatic rings. The average Bonchev–Trinajstić information content (AvgIpc) is 2.97. The molecule has 3 saturated carbocycles. The van der Waals surface area contributed by atoms with E-state index in [9.17, 15) is 29.7 Å². The zero-order valence-corrected chi connectivity index (χ0v) is 19.0. The standard InChI is InChI=1S/C23H27ClF2O7/c1-20-9-17(29)23(26)11(5-14(25)12-6-15(27)13(24)8-21(12,23)2)10(20)3-4-22(20,33)19(32)16(28)7-18(30)31/h6,8,10-11,14,16-17,28-29,33H,3-5,7,9H2,1-2H3,(H,30,31)/t10-,11-,14+,16?,17-,20-,21-,22-,23-/m0/s1. The number of aliphatic hydroxyl groups is 3. The van der Waals surface area contributed by atoms with Crippen LogP contribution in [0.5, 0.6) is 0 Å². The largest absolute Gasteiger partial charge is 0.481 e. The number of aliphatic carboxylic acids is 1. The first-order chi connectivity index (χ1) is 15.1. The van der Waals surface area contributed by atoms with Crippen molar-refractivity contribution in [2.45, 2.75) is 75.6 Å². The first-order valence-electron chi connectivity index (χ1n) is 11.0. The van der Waals surface area contributed by atoms with E-state index >= 15 is 8.78 Å². The van der Waals surface area contributed by atoms with Gasteiger partial charge in [-0.1, -0.05) is 18.5 Å². The van der Waals surface area contributed by atoms with E-state index < -0.39 is 76.3 Å². The van der Waals surface area contributed by atoms with Gasteiger partial charge in [0, 0.05) is 16.7 Å². The topological polar surface area (TPSA) is 132 Å². The predicted octanol–water partition coefficient (Wildman–Crippen LogP) is 2.01. The summed E-state index contributed by atoms with van der Waals surface area (Å²) in [5, 5.41) is 41.3. The van der Waals surface area contributed by atoms with Gasteiger partial charge >= 0.3 is 5.97 Å².